The molecule has 0 bridgehead atoms. The van der Waals surface area contributed by atoms with Crippen molar-refractivity contribution in [1.29, 1.82) is 0 Å². The van der Waals surface area contributed by atoms with Crippen molar-refractivity contribution in [3.8, 4) is 5.69 Å². The van der Waals surface area contributed by atoms with E-state index in [1.54, 1.807) is 4.68 Å². The number of anilines is 1. The minimum Gasteiger partial charge on any atom is -0.326 e. The summed E-state index contributed by atoms with van der Waals surface area (Å²) in [5.41, 5.74) is 12.1. The van der Waals surface area contributed by atoms with E-state index >= 15 is 0 Å². The normalized spacial score (nSPS) is 15.9. The molecule has 6 nitrogen and oxygen atoms in total. The fraction of sp³-hybridized carbons (Fsp3) is 0.286. The van der Waals surface area contributed by atoms with Crippen LogP contribution in [0.1, 0.15) is 52.6 Å². The molecule has 1 unspecified atom stereocenters. The number of nitrogens with one attached hydrogen (secondary N) is 2. The van der Waals surface area contributed by atoms with Gasteiger partial charge in [-0.25, -0.2) is 4.68 Å². The van der Waals surface area contributed by atoms with E-state index < -0.39 is 0 Å². The molecule has 0 radical (unpaired) electrons. The zero-order chi connectivity index (χ0) is 23.5. The summed E-state index contributed by atoms with van der Waals surface area (Å²) < 4.78 is 1.68. The van der Waals surface area contributed by atoms with Crippen LogP contribution in [-0.2, 0) is 6.54 Å². The van der Waals surface area contributed by atoms with Crippen molar-refractivity contribution in [1.82, 2.24) is 15.1 Å². The summed E-state index contributed by atoms with van der Waals surface area (Å²) in [5, 5.41) is 11.4. The van der Waals surface area contributed by atoms with Crippen LogP contribution in [0.2, 0.25) is 0 Å². The van der Waals surface area contributed by atoms with E-state index in [4.69, 9.17) is 5.73 Å². The number of aryl methyl sites for hydroxylation is 1. The van der Waals surface area contributed by atoms with E-state index in [0.29, 0.717) is 12.2 Å². The number of carbonyl (C=O) groups is 1. The second-order valence-corrected chi connectivity index (χ2v) is 9.16. The molecule has 5 rings (SSSR count). The van der Waals surface area contributed by atoms with Crippen molar-refractivity contribution in [2.75, 3.05) is 11.9 Å². The minimum absolute atomic E-state index is 0.128. The van der Waals surface area contributed by atoms with E-state index in [1.165, 1.54) is 18.4 Å². The number of hydrogen-bond donors (Lipinski definition) is 3. The first kappa shape index (κ1) is 22.3. The van der Waals surface area contributed by atoms with Crippen LogP contribution < -0.4 is 16.4 Å². The molecule has 1 amide bonds. The van der Waals surface area contributed by atoms with Gasteiger partial charge in [-0.05, 0) is 85.7 Å². The molecule has 0 spiro atoms. The van der Waals surface area contributed by atoms with Gasteiger partial charge >= 0.3 is 0 Å². The predicted octanol–water partition coefficient (Wildman–Crippen LogP) is 4.82. The van der Waals surface area contributed by atoms with Crippen LogP contribution in [0.25, 0.3) is 5.69 Å². The lowest BCUT2D eigenvalue weighted by atomic mass is 9.98. The van der Waals surface area contributed by atoms with Gasteiger partial charge in [0.05, 0.1) is 17.4 Å². The number of hydrogen-bond acceptors (Lipinski definition) is 4. The van der Waals surface area contributed by atoms with Gasteiger partial charge in [-0.3, -0.25) is 4.79 Å². The van der Waals surface area contributed by atoms with Crippen molar-refractivity contribution >= 4 is 11.6 Å². The highest BCUT2D eigenvalue weighted by Gasteiger charge is 2.24. The number of allylic oxidation sites excluding steroid dienone is 2. The molecule has 0 aliphatic heterocycles. The molecule has 0 saturated heterocycles. The molecule has 6 heteroatoms. The third-order valence-corrected chi connectivity index (χ3v) is 6.37. The Morgan fingerprint density at radius 1 is 1.18 bits per heavy atom. The second kappa shape index (κ2) is 9.79. The van der Waals surface area contributed by atoms with Crippen LogP contribution in [-0.4, -0.2) is 22.2 Å². The van der Waals surface area contributed by atoms with Crippen molar-refractivity contribution < 1.29 is 4.79 Å². The van der Waals surface area contributed by atoms with Gasteiger partial charge in [-0.2, -0.15) is 5.10 Å². The highest BCUT2D eigenvalue weighted by molar-refractivity contribution is 6.03. The molecule has 2 aliphatic carbocycles. The van der Waals surface area contributed by atoms with Gasteiger partial charge in [0, 0.05) is 12.2 Å². The molecule has 1 heterocycles. The molecule has 34 heavy (non-hydrogen) atoms. The third kappa shape index (κ3) is 5.03. The first-order valence-corrected chi connectivity index (χ1v) is 12.0. The fourth-order valence-corrected chi connectivity index (χ4v) is 4.39. The van der Waals surface area contributed by atoms with Gasteiger partial charge in [0.25, 0.3) is 5.91 Å². The predicted molar refractivity (Wildman–Crippen MR) is 136 cm³/mol. The highest BCUT2D eigenvalue weighted by atomic mass is 16.2. The van der Waals surface area contributed by atoms with Crippen LogP contribution in [0.4, 0.5) is 5.69 Å². The lowest BCUT2D eigenvalue weighted by Crippen LogP contribution is -2.25. The number of rotatable bonds is 9. The number of carbonyl (C=O) groups excluding carboxylic acids is 1. The lowest BCUT2D eigenvalue weighted by Gasteiger charge is -2.21. The Morgan fingerprint density at radius 3 is 2.79 bits per heavy atom. The molecular weight excluding hydrogens is 422 g/mol. The highest BCUT2D eigenvalue weighted by Crippen LogP contribution is 2.32. The Bertz CT molecular complexity index is 1250. The minimum atomic E-state index is -0.196. The number of nitrogens with zero attached hydrogens (tertiary/aromatic N) is 2. The molecule has 1 saturated carbocycles. The van der Waals surface area contributed by atoms with E-state index in [2.05, 4.69) is 46.1 Å². The van der Waals surface area contributed by atoms with E-state index in [0.717, 1.165) is 47.1 Å². The Hall–Kier alpha value is -3.48. The Kier molecular flexibility index (Phi) is 6.43. The Morgan fingerprint density at radius 2 is 2.03 bits per heavy atom. The zero-order valence-electron chi connectivity index (χ0n) is 19.5. The van der Waals surface area contributed by atoms with Gasteiger partial charge in [0.2, 0.25) is 0 Å². The summed E-state index contributed by atoms with van der Waals surface area (Å²) in [6, 6.07) is 17.9. The van der Waals surface area contributed by atoms with Crippen LogP contribution in [0.5, 0.6) is 0 Å². The number of nitrogens with two attached hydrogens (primary N) is 1. The average molecular weight is 454 g/mol. The molecule has 174 valence electrons. The first-order valence-electron chi connectivity index (χ1n) is 12.0. The summed E-state index contributed by atoms with van der Waals surface area (Å²) in [4.78, 5) is 13.3. The second-order valence-electron chi connectivity index (χ2n) is 9.16. The summed E-state index contributed by atoms with van der Waals surface area (Å²) in [6.45, 7) is 3.34. The standard InChI is InChI=1S/C28H31N5O/c1-19-14-26(33(32-19)25-11-4-6-21(15-25)17-29)28(34)31-24-10-5-9-23(16-24)27(22-7-2-3-8-22)30-18-20-12-13-20/h2,4-11,14-16,20,27,30H,3,12-13,17-18,29H2,1H3,(H,31,34). The molecular formula is C28H31N5O. The van der Waals surface area contributed by atoms with Crippen LogP contribution >= 0.6 is 0 Å². The quantitative estimate of drug-likeness (QED) is 0.434. The maximum absolute atomic E-state index is 13.3. The maximum atomic E-state index is 13.3. The molecule has 2 aliphatic rings. The van der Waals surface area contributed by atoms with E-state index in [9.17, 15) is 4.79 Å². The fourth-order valence-electron chi connectivity index (χ4n) is 4.39. The molecule has 1 atom stereocenters. The van der Waals surface area contributed by atoms with E-state index in [1.807, 2.05) is 49.4 Å². The van der Waals surface area contributed by atoms with E-state index in [-0.39, 0.29) is 11.9 Å². The SMILES string of the molecule is Cc1cc(C(=O)Nc2cccc(C(NCC3CC3)C3=CCC=C3)c2)n(-c2cccc(CN)c2)n1. The smallest absolute Gasteiger partial charge is 0.274 e. The zero-order valence-corrected chi connectivity index (χ0v) is 19.5. The van der Waals surface area contributed by atoms with Crippen LogP contribution in [0, 0.1) is 12.8 Å². The van der Waals surface area contributed by atoms with Crippen molar-refractivity contribution in [3.63, 3.8) is 0 Å². The van der Waals surface area contributed by atoms with Gasteiger partial charge in [0.15, 0.2) is 0 Å². The first-order chi connectivity index (χ1) is 16.6. The van der Waals surface area contributed by atoms with Gasteiger partial charge in [-0.15, -0.1) is 0 Å². The summed E-state index contributed by atoms with van der Waals surface area (Å²) in [5.74, 6) is 0.594. The van der Waals surface area contributed by atoms with Crippen molar-refractivity contribution in [2.24, 2.45) is 11.7 Å². The summed E-state index contributed by atoms with van der Waals surface area (Å²) in [7, 11) is 0. The monoisotopic (exact) mass is 453 g/mol. The molecule has 1 fully saturated rings. The van der Waals surface area contributed by atoms with Crippen LogP contribution in [0.15, 0.2) is 78.4 Å². The summed E-state index contributed by atoms with van der Waals surface area (Å²) >= 11 is 0. The average Bonchev–Trinajstić information content (AvgIpc) is 3.35. The number of benzene rings is 2. The number of aromatic nitrogens is 2. The van der Waals surface area contributed by atoms with Crippen molar-refractivity contribution in [2.45, 2.75) is 38.8 Å². The number of amides is 1. The van der Waals surface area contributed by atoms with Gasteiger partial charge in [0.1, 0.15) is 5.69 Å². The Labute approximate surface area is 200 Å². The third-order valence-electron chi connectivity index (χ3n) is 6.37. The molecule has 3 aromatic rings. The topological polar surface area (TPSA) is 85.0 Å². The maximum Gasteiger partial charge on any atom is 0.274 e. The molecule has 4 N–H and O–H groups in total. The van der Waals surface area contributed by atoms with Gasteiger partial charge in [-0.1, -0.05) is 42.5 Å². The Balaban J connectivity index is 1.38. The molecule has 2 aromatic carbocycles. The molecule has 1 aromatic heterocycles. The summed E-state index contributed by atoms with van der Waals surface area (Å²) in [6.07, 6.45) is 10.3. The van der Waals surface area contributed by atoms with Crippen molar-refractivity contribution in [3.05, 3.63) is 101 Å². The lowest BCUT2D eigenvalue weighted by molar-refractivity contribution is 0.101. The van der Waals surface area contributed by atoms with Gasteiger partial charge < -0.3 is 16.4 Å². The van der Waals surface area contributed by atoms with Crippen LogP contribution in [0.3, 0.4) is 0 Å². The largest absolute Gasteiger partial charge is 0.326 e.